The fourth-order valence-corrected chi connectivity index (χ4v) is 1.49. The summed E-state index contributed by atoms with van der Waals surface area (Å²) in [4.78, 5) is 10.6. The summed E-state index contributed by atoms with van der Waals surface area (Å²) in [5.41, 5.74) is 6.89. The summed E-state index contributed by atoms with van der Waals surface area (Å²) in [6, 6.07) is 7.60. The van der Waals surface area contributed by atoms with Gasteiger partial charge in [-0.3, -0.25) is 4.79 Å². The lowest BCUT2D eigenvalue weighted by atomic mass is 10.1. The number of carbonyl (C=O) groups excluding carboxylic acids is 1. The van der Waals surface area contributed by atoms with Gasteiger partial charge >= 0.3 is 0 Å². The number of nitrogens with two attached hydrogens (primary N) is 1. The molecule has 0 saturated carbocycles. The number of hydrogen-bond acceptors (Lipinski definition) is 3. The smallest absolute Gasteiger partial charge is 0.241 e. The van der Waals surface area contributed by atoms with E-state index < -0.39 is 5.91 Å². The van der Waals surface area contributed by atoms with Gasteiger partial charge in [0.25, 0.3) is 0 Å². The number of amides is 1. The molecule has 0 unspecified atom stereocenters. The molecule has 1 amide bonds. The summed E-state index contributed by atoms with van der Waals surface area (Å²) in [5.74, 6) is -0.458. The minimum absolute atomic E-state index is 0.339. The molecule has 0 atom stereocenters. The van der Waals surface area contributed by atoms with Gasteiger partial charge in [-0.05, 0) is 25.5 Å². The molecule has 1 aromatic carbocycles. The largest absolute Gasteiger partial charge is 0.366 e. The zero-order chi connectivity index (χ0) is 13.4. The van der Waals surface area contributed by atoms with Gasteiger partial charge in [0, 0.05) is 24.9 Å². The van der Waals surface area contributed by atoms with Gasteiger partial charge in [-0.15, -0.1) is 0 Å². The second-order valence-electron chi connectivity index (χ2n) is 3.64. The Balaban J connectivity index is 2.76. The average molecular weight is 249 g/mol. The summed E-state index contributed by atoms with van der Waals surface area (Å²) in [7, 11) is 0. The second kappa shape index (κ2) is 7.63. The molecule has 0 aromatic heterocycles. The highest BCUT2D eigenvalue weighted by Crippen LogP contribution is 2.19. The summed E-state index contributed by atoms with van der Waals surface area (Å²) in [5, 5.41) is 0. The molecule has 4 nitrogen and oxygen atoms in total. The maximum absolute atomic E-state index is 10.6. The molecule has 0 spiro atoms. The van der Waals surface area contributed by atoms with E-state index in [4.69, 9.17) is 15.2 Å². The topological polar surface area (TPSA) is 61.6 Å². The molecule has 0 heterocycles. The Hall–Kier alpha value is -1.65. The molecule has 1 aromatic rings. The number of ether oxygens (including phenoxy) is 2. The van der Waals surface area contributed by atoms with Crippen molar-refractivity contribution in [3.63, 3.8) is 0 Å². The molecule has 0 aliphatic carbocycles. The van der Waals surface area contributed by atoms with Crippen molar-refractivity contribution in [3.05, 3.63) is 41.5 Å². The van der Waals surface area contributed by atoms with Crippen molar-refractivity contribution in [2.45, 2.75) is 20.1 Å². The molecule has 98 valence electrons. The standard InChI is InChI=1S/C14H19NO3/c1-3-17-14(18-4-2)12-8-5-11(6-9-12)7-10-13(15)16/h5-10,14H,3-4H2,1-2H3,(H2,15,16). The molecule has 0 aliphatic rings. The highest BCUT2D eigenvalue weighted by atomic mass is 16.7. The van der Waals surface area contributed by atoms with Crippen molar-refractivity contribution in [1.29, 1.82) is 0 Å². The third kappa shape index (κ3) is 4.69. The number of benzene rings is 1. The molecule has 0 bridgehead atoms. The predicted molar refractivity (Wildman–Crippen MR) is 70.7 cm³/mol. The summed E-state index contributed by atoms with van der Waals surface area (Å²) in [6.07, 6.45) is 2.66. The van der Waals surface area contributed by atoms with Crippen LogP contribution in [0, 0.1) is 0 Å². The Morgan fingerprint density at radius 1 is 1.22 bits per heavy atom. The number of hydrogen-bond donors (Lipinski definition) is 1. The van der Waals surface area contributed by atoms with Crippen molar-refractivity contribution in [3.8, 4) is 0 Å². The van der Waals surface area contributed by atoms with Crippen LogP contribution in [0.1, 0.15) is 31.3 Å². The van der Waals surface area contributed by atoms with E-state index in [2.05, 4.69) is 0 Å². The van der Waals surface area contributed by atoms with Gasteiger partial charge in [0.05, 0.1) is 0 Å². The van der Waals surface area contributed by atoms with Crippen LogP contribution in [0.4, 0.5) is 0 Å². The Kier molecular flexibility index (Phi) is 6.11. The predicted octanol–water partition coefficient (Wildman–Crippen LogP) is 2.26. The highest BCUT2D eigenvalue weighted by Gasteiger charge is 2.10. The first-order valence-corrected chi connectivity index (χ1v) is 5.98. The van der Waals surface area contributed by atoms with Crippen LogP contribution in [0.15, 0.2) is 30.3 Å². The molecule has 2 N–H and O–H groups in total. The minimum atomic E-state index is -0.458. The Morgan fingerprint density at radius 2 is 1.78 bits per heavy atom. The van der Waals surface area contributed by atoms with Crippen LogP contribution < -0.4 is 5.73 Å². The molecular weight excluding hydrogens is 230 g/mol. The first kappa shape index (κ1) is 14.4. The van der Waals surface area contributed by atoms with Gasteiger partial charge in [0.2, 0.25) is 5.91 Å². The monoisotopic (exact) mass is 249 g/mol. The van der Waals surface area contributed by atoms with Crippen LogP contribution in [0.25, 0.3) is 6.08 Å². The zero-order valence-corrected chi connectivity index (χ0v) is 10.8. The normalized spacial score (nSPS) is 11.3. The van der Waals surface area contributed by atoms with E-state index in [1.54, 1.807) is 6.08 Å². The lowest BCUT2D eigenvalue weighted by Gasteiger charge is -2.17. The molecular formula is C14H19NO3. The van der Waals surface area contributed by atoms with Crippen LogP contribution in [0.3, 0.4) is 0 Å². The van der Waals surface area contributed by atoms with E-state index in [-0.39, 0.29) is 6.29 Å². The van der Waals surface area contributed by atoms with Crippen LogP contribution in [-0.4, -0.2) is 19.1 Å². The van der Waals surface area contributed by atoms with E-state index in [9.17, 15) is 4.79 Å². The van der Waals surface area contributed by atoms with Gasteiger partial charge in [0.1, 0.15) is 0 Å². The van der Waals surface area contributed by atoms with Gasteiger partial charge in [0.15, 0.2) is 6.29 Å². The Morgan fingerprint density at radius 3 is 2.22 bits per heavy atom. The van der Waals surface area contributed by atoms with Crippen molar-refractivity contribution >= 4 is 12.0 Å². The van der Waals surface area contributed by atoms with Crippen LogP contribution in [0.5, 0.6) is 0 Å². The lowest BCUT2D eigenvalue weighted by molar-refractivity contribution is -0.140. The molecule has 0 aliphatic heterocycles. The first-order chi connectivity index (χ1) is 8.67. The fourth-order valence-electron chi connectivity index (χ4n) is 1.49. The quantitative estimate of drug-likeness (QED) is 0.595. The van der Waals surface area contributed by atoms with E-state index in [0.29, 0.717) is 13.2 Å². The molecule has 0 saturated heterocycles. The number of rotatable bonds is 7. The SMILES string of the molecule is CCOC(OCC)c1ccc(C=CC(N)=O)cc1. The molecule has 0 radical (unpaired) electrons. The zero-order valence-electron chi connectivity index (χ0n) is 10.8. The maximum Gasteiger partial charge on any atom is 0.241 e. The first-order valence-electron chi connectivity index (χ1n) is 5.98. The van der Waals surface area contributed by atoms with Gasteiger partial charge < -0.3 is 15.2 Å². The summed E-state index contributed by atoms with van der Waals surface area (Å²) in [6.45, 7) is 5.04. The summed E-state index contributed by atoms with van der Waals surface area (Å²) >= 11 is 0. The minimum Gasteiger partial charge on any atom is -0.366 e. The third-order valence-corrected chi connectivity index (χ3v) is 2.28. The maximum atomic E-state index is 10.6. The number of primary amides is 1. The highest BCUT2D eigenvalue weighted by molar-refractivity contribution is 5.90. The van der Waals surface area contributed by atoms with Crippen molar-refractivity contribution in [2.24, 2.45) is 5.73 Å². The van der Waals surface area contributed by atoms with Gasteiger partial charge in [-0.2, -0.15) is 0 Å². The Labute approximate surface area is 107 Å². The average Bonchev–Trinajstić information content (AvgIpc) is 2.37. The van der Waals surface area contributed by atoms with E-state index in [1.807, 2.05) is 38.1 Å². The van der Waals surface area contributed by atoms with Crippen LogP contribution >= 0.6 is 0 Å². The summed E-state index contributed by atoms with van der Waals surface area (Å²) < 4.78 is 11.0. The van der Waals surface area contributed by atoms with E-state index in [0.717, 1.165) is 11.1 Å². The van der Waals surface area contributed by atoms with E-state index >= 15 is 0 Å². The number of carbonyl (C=O) groups is 1. The lowest BCUT2D eigenvalue weighted by Crippen LogP contribution is -2.08. The fraction of sp³-hybridized carbons (Fsp3) is 0.357. The Bertz CT molecular complexity index is 392. The van der Waals surface area contributed by atoms with Crippen LogP contribution in [-0.2, 0) is 14.3 Å². The molecule has 0 fully saturated rings. The molecule has 18 heavy (non-hydrogen) atoms. The van der Waals surface area contributed by atoms with Crippen molar-refractivity contribution in [2.75, 3.05) is 13.2 Å². The van der Waals surface area contributed by atoms with Gasteiger partial charge in [-0.25, -0.2) is 0 Å². The molecule has 4 heteroatoms. The molecule has 1 rings (SSSR count). The third-order valence-electron chi connectivity index (χ3n) is 2.28. The van der Waals surface area contributed by atoms with Crippen molar-refractivity contribution < 1.29 is 14.3 Å². The van der Waals surface area contributed by atoms with Gasteiger partial charge in [-0.1, -0.05) is 24.3 Å². The van der Waals surface area contributed by atoms with E-state index in [1.165, 1.54) is 6.08 Å². The van der Waals surface area contributed by atoms with Crippen molar-refractivity contribution in [1.82, 2.24) is 0 Å². The second-order valence-corrected chi connectivity index (χ2v) is 3.64. The van der Waals surface area contributed by atoms with Crippen LogP contribution in [0.2, 0.25) is 0 Å².